The van der Waals surface area contributed by atoms with Crippen LogP contribution in [0.25, 0.3) is 11.0 Å². The van der Waals surface area contributed by atoms with Crippen LogP contribution in [0, 0.1) is 5.82 Å². The fourth-order valence-electron chi connectivity index (χ4n) is 4.79. The SMILES string of the molecule is O=C1CSc2ccc(N3C[C@@H](CCCN[C@@H]4Cn5c(=O)cnc6ccc(F)c4c65)OC3=O)nc2N1. The van der Waals surface area contributed by atoms with Crippen molar-refractivity contribution in [2.45, 2.75) is 36.4 Å². The average molecular weight is 497 g/mol. The Kier molecular flexibility index (Phi) is 5.41. The molecule has 2 N–H and O–H groups in total. The van der Waals surface area contributed by atoms with Gasteiger partial charge in [0, 0.05) is 12.1 Å². The summed E-state index contributed by atoms with van der Waals surface area (Å²) in [6.45, 7) is 1.26. The Morgan fingerprint density at radius 3 is 2.97 bits per heavy atom. The fraction of sp³-hybridized carbons (Fsp3) is 0.348. The number of fused-ring (bicyclic) bond motifs is 1. The number of thioether (sulfide) groups is 1. The van der Waals surface area contributed by atoms with Gasteiger partial charge in [0.1, 0.15) is 23.6 Å². The minimum absolute atomic E-state index is 0.121. The fourth-order valence-corrected chi connectivity index (χ4v) is 5.54. The van der Waals surface area contributed by atoms with Crippen LogP contribution in [0.15, 0.2) is 40.2 Å². The number of pyridine rings is 1. The van der Waals surface area contributed by atoms with E-state index in [9.17, 15) is 18.8 Å². The van der Waals surface area contributed by atoms with E-state index in [0.717, 1.165) is 4.90 Å². The van der Waals surface area contributed by atoms with Crippen LogP contribution in [-0.4, -0.2) is 51.5 Å². The first-order chi connectivity index (χ1) is 17.0. The molecule has 0 unspecified atom stereocenters. The maximum atomic E-state index is 14.6. The zero-order valence-corrected chi connectivity index (χ0v) is 19.3. The number of anilines is 2. The molecule has 1 saturated heterocycles. The Morgan fingerprint density at radius 1 is 1.20 bits per heavy atom. The number of rotatable bonds is 6. The second-order valence-corrected chi connectivity index (χ2v) is 9.67. The van der Waals surface area contributed by atoms with Crippen molar-refractivity contribution >= 4 is 46.4 Å². The number of nitrogens with zero attached hydrogens (tertiary/aromatic N) is 4. The van der Waals surface area contributed by atoms with Crippen LogP contribution in [0.4, 0.5) is 20.8 Å². The lowest BCUT2D eigenvalue weighted by atomic mass is 10.1. The second-order valence-electron chi connectivity index (χ2n) is 8.65. The molecule has 0 saturated carbocycles. The van der Waals surface area contributed by atoms with Crippen molar-refractivity contribution in [3.05, 3.63) is 52.2 Å². The zero-order valence-electron chi connectivity index (χ0n) is 18.5. The molecular weight excluding hydrogens is 475 g/mol. The Hall–Kier alpha value is -3.51. The van der Waals surface area contributed by atoms with Gasteiger partial charge in [-0.3, -0.25) is 14.5 Å². The third kappa shape index (κ3) is 3.92. The largest absolute Gasteiger partial charge is 0.444 e. The highest BCUT2D eigenvalue weighted by Crippen LogP contribution is 2.34. The number of halogens is 1. The summed E-state index contributed by atoms with van der Waals surface area (Å²) < 4.78 is 21.7. The van der Waals surface area contributed by atoms with Gasteiger partial charge >= 0.3 is 6.09 Å². The highest BCUT2D eigenvalue weighted by molar-refractivity contribution is 8.00. The van der Waals surface area contributed by atoms with Gasteiger partial charge in [0.15, 0.2) is 0 Å². The van der Waals surface area contributed by atoms with Gasteiger partial charge in [-0.15, -0.1) is 11.8 Å². The molecule has 2 amide bonds. The summed E-state index contributed by atoms with van der Waals surface area (Å²) in [6.07, 6.45) is 1.78. The van der Waals surface area contributed by atoms with Crippen molar-refractivity contribution < 1.29 is 18.7 Å². The quantitative estimate of drug-likeness (QED) is 0.500. The van der Waals surface area contributed by atoms with E-state index in [1.54, 1.807) is 16.7 Å². The van der Waals surface area contributed by atoms with E-state index >= 15 is 0 Å². The van der Waals surface area contributed by atoms with E-state index in [0.29, 0.717) is 66.5 Å². The lowest BCUT2D eigenvalue weighted by Crippen LogP contribution is -2.28. The number of cyclic esters (lactones) is 1. The minimum atomic E-state index is -0.475. The number of nitrogens with one attached hydrogen (secondary N) is 2. The van der Waals surface area contributed by atoms with E-state index in [1.165, 1.54) is 28.9 Å². The monoisotopic (exact) mass is 496 g/mol. The molecule has 1 fully saturated rings. The molecule has 180 valence electrons. The lowest BCUT2D eigenvalue weighted by molar-refractivity contribution is -0.113. The predicted octanol–water partition coefficient (Wildman–Crippen LogP) is 2.42. The molecule has 3 aliphatic rings. The molecule has 10 nitrogen and oxygen atoms in total. The number of carbonyl (C=O) groups excluding carboxylic acids is 2. The van der Waals surface area contributed by atoms with Gasteiger partial charge in [-0.05, 0) is 43.7 Å². The molecule has 2 atom stereocenters. The highest BCUT2D eigenvalue weighted by atomic mass is 32.2. The zero-order chi connectivity index (χ0) is 24.1. The maximum Gasteiger partial charge on any atom is 0.415 e. The lowest BCUT2D eigenvalue weighted by Gasteiger charge is -2.18. The van der Waals surface area contributed by atoms with Gasteiger partial charge in [0.2, 0.25) is 5.91 Å². The molecule has 3 aromatic rings. The van der Waals surface area contributed by atoms with E-state index in [2.05, 4.69) is 20.6 Å². The van der Waals surface area contributed by atoms with Crippen LogP contribution in [0.2, 0.25) is 0 Å². The summed E-state index contributed by atoms with van der Waals surface area (Å²) in [7, 11) is 0. The molecule has 0 radical (unpaired) electrons. The van der Waals surface area contributed by atoms with Crippen molar-refractivity contribution in [3.8, 4) is 0 Å². The average Bonchev–Trinajstić information content (AvgIpc) is 3.42. The van der Waals surface area contributed by atoms with Gasteiger partial charge < -0.3 is 19.9 Å². The van der Waals surface area contributed by atoms with Crippen molar-refractivity contribution in [1.29, 1.82) is 0 Å². The van der Waals surface area contributed by atoms with Gasteiger partial charge in [-0.25, -0.2) is 19.2 Å². The molecule has 0 bridgehead atoms. The Bertz CT molecular complexity index is 1430. The van der Waals surface area contributed by atoms with Crippen LogP contribution in [0.5, 0.6) is 0 Å². The molecule has 3 aliphatic heterocycles. The van der Waals surface area contributed by atoms with Gasteiger partial charge in [0.25, 0.3) is 5.56 Å². The number of ether oxygens (including phenoxy) is 1. The number of carbonyl (C=O) groups is 2. The highest BCUT2D eigenvalue weighted by Gasteiger charge is 2.34. The molecular formula is C23H21FN6O4S. The van der Waals surface area contributed by atoms with Crippen LogP contribution in [-0.2, 0) is 16.1 Å². The van der Waals surface area contributed by atoms with Crippen molar-refractivity contribution in [3.63, 3.8) is 0 Å². The molecule has 2 aromatic heterocycles. The molecule has 12 heteroatoms. The Labute approximate surface area is 202 Å². The smallest absolute Gasteiger partial charge is 0.415 e. The van der Waals surface area contributed by atoms with E-state index in [1.807, 2.05) is 6.07 Å². The third-order valence-electron chi connectivity index (χ3n) is 6.41. The summed E-state index contributed by atoms with van der Waals surface area (Å²) in [5.74, 6) is 0.755. The second kappa shape index (κ2) is 8.61. The number of amides is 2. The van der Waals surface area contributed by atoms with E-state index in [-0.39, 0.29) is 29.4 Å². The Balaban J connectivity index is 1.06. The van der Waals surface area contributed by atoms with Crippen molar-refractivity contribution in [1.82, 2.24) is 19.9 Å². The van der Waals surface area contributed by atoms with Crippen molar-refractivity contribution in [2.75, 3.05) is 29.1 Å². The molecule has 5 heterocycles. The van der Waals surface area contributed by atoms with Crippen LogP contribution < -0.4 is 21.1 Å². The number of hydrogen-bond acceptors (Lipinski definition) is 8. The van der Waals surface area contributed by atoms with Gasteiger partial charge in [0.05, 0.1) is 40.5 Å². The summed E-state index contributed by atoms with van der Waals surface area (Å²) in [5.41, 5.74) is 1.36. The maximum absolute atomic E-state index is 14.6. The molecule has 6 rings (SSSR count). The van der Waals surface area contributed by atoms with Crippen LogP contribution in [0.3, 0.4) is 0 Å². The number of benzene rings is 1. The normalized spacial score (nSPS) is 20.8. The summed E-state index contributed by atoms with van der Waals surface area (Å²) in [6, 6.07) is 6.22. The summed E-state index contributed by atoms with van der Waals surface area (Å²) in [5, 5.41) is 6.07. The summed E-state index contributed by atoms with van der Waals surface area (Å²) in [4.78, 5) is 47.2. The Morgan fingerprint density at radius 2 is 2.09 bits per heavy atom. The molecule has 0 aliphatic carbocycles. The van der Waals surface area contributed by atoms with Gasteiger partial charge in [-0.1, -0.05) is 0 Å². The van der Waals surface area contributed by atoms with Gasteiger partial charge in [-0.2, -0.15) is 0 Å². The first-order valence-corrected chi connectivity index (χ1v) is 12.3. The standard InChI is InChI=1S/C23H21FN6O4S/c24-13-3-4-14-21-20(13)15(10-30(21)19(32)8-26-14)25-7-1-2-12-9-29(23(33)34-12)17-6-5-16-22(27-17)28-18(31)11-35-16/h3-6,8,12,15,25H,1-2,7,9-11H2,(H,27,28,31)/t12-,15-/m1/s1. The van der Waals surface area contributed by atoms with E-state index < -0.39 is 6.09 Å². The topological polar surface area (TPSA) is 118 Å². The molecule has 0 spiro atoms. The molecule has 1 aromatic carbocycles. The van der Waals surface area contributed by atoms with Crippen LogP contribution >= 0.6 is 11.8 Å². The first kappa shape index (κ1) is 22.0. The predicted molar refractivity (Wildman–Crippen MR) is 127 cm³/mol. The van der Waals surface area contributed by atoms with Crippen molar-refractivity contribution in [2.24, 2.45) is 0 Å². The third-order valence-corrected chi connectivity index (χ3v) is 7.46. The van der Waals surface area contributed by atoms with Crippen LogP contribution in [0.1, 0.15) is 24.4 Å². The first-order valence-electron chi connectivity index (χ1n) is 11.3. The molecule has 35 heavy (non-hydrogen) atoms. The number of hydrogen-bond donors (Lipinski definition) is 2. The van der Waals surface area contributed by atoms with E-state index in [4.69, 9.17) is 4.74 Å². The minimum Gasteiger partial charge on any atom is -0.444 e. The number of aromatic nitrogens is 3. The summed E-state index contributed by atoms with van der Waals surface area (Å²) >= 11 is 1.41.